The number of amides is 1. The van der Waals surface area contributed by atoms with Gasteiger partial charge in [-0.2, -0.15) is 0 Å². The van der Waals surface area contributed by atoms with Gasteiger partial charge >= 0.3 is 5.97 Å². The molecule has 0 radical (unpaired) electrons. The Hall–Kier alpha value is -4.00. The van der Waals surface area contributed by atoms with Crippen molar-refractivity contribution in [2.75, 3.05) is 0 Å². The van der Waals surface area contributed by atoms with Gasteiger partial charge in [-0.1, -0.05) is 59.3 Å². The van der Waals surface area contributed by atoms with E-state index >= 15 is 0 Å². The molecule has 1 unspecified atom stereocenters. The largest absolute Gasteiger partial charge is 0.481 e. The third kappa shape index (κ3) is 5.62. The zero-order valence-corrected chi connectivity index (χ0v) is 21.2. The normalized spacial score (nSPS) is 12.0. The first-order chi connectivity index (χ1) is 17.2. The standard InChI is InChI=1S/C29H32N4O3/c1-18-6-5-7-21(14-18)9-13-27(34)30-17-23-15-22(10-8-19(23)2)25(16-28(35)36)24-11-12-26-29(20(24)3)31-32-33(26)4/h5-8,10-12,14-15,25H,9,13,16-17H2,1-4H3,(H,30,34)(H,35,36). The van der Waals surface area contributed by atoms with Crippen molar-refractivity contribution < 1.29 is 14.7 Å². The Morgan fingerprint density at radius 1 is 1.06 bits per heavy atom. The minimum Gasteiger partial charge on any atom is -0.481 e. The zero-order chi connectivity index (χ0) is 25.8. The van der Waals surface area contributed by atoms with Crippen molar-refractivity contribution in [2.24, 2.45) is 7.05 Å². The molecule has 186 valence electrons. The predicted octanol–water partition coefficient (Wildman–Crippen LogP) is 4.75. The number of aliphatic carboxylic acids is 1. The molecule has 4 aromatic rings. The first kappa shape index (κ1) is 25.1. The smallest absolute Gasteiger partial charge is 0.304 e. The highest BCUT2D eigenvalue weighted by molar-refractivity contribution is 5.80. The van der Waals surface area contributed by atoms with Crippen LogP contribution in [-0.4, -0.2) is 32.0 Å². The summed E-state index contributed by atoms with van der Waals surface area (Å²) in [5, 5.41) is 21.1. The maximum Gasteiger partial charge on any atom is 0.304 e. The first-order valence-electron chi connectivity index (χ1n) is 12.1. The number of carbonyl (C=O) groups is 2. The predicted molar refractivity (Wildman–Crippen MR) is 140 cm³/mol. The molecule has 0 spiro atoms. The van der Waals surface area contributed by atoms with Crippen LogP contribution in [0.15, 0.2) is 54.6 Å². The van der Waals surface area contributed by atoms with Gasteiger partial charge in [0.25, 0.3) is 0 Å². The summed E-state index contributed by atoms with van der Waals surface area (Å²) >= 11 is 0. The Morgan fingerprint density at radius 2 is 1.86 bits per heavy atom. The van der Waals surface area contributed by atoms with Gasteiger partial charge in [-0.15, -0.1) is 5.10 Å². The average molecular weight is 485 g/mol. The van der Waals surface area contributed by atoms with Crippen molar-refractivity contribution in [2.45, 2.75) is 52.5 Å². The molecule has 0 fully saturated rings. The van der Waals surface area contributed by atoms with Gasteiger partial charge < -0.3 is 10.4 Å². The number of hydrogen-bond donors (Lipinski definition) is 2. The number of rotatable bonds is 9. The molecule has 0 saturated heterocycles. The average Bonchev–Trinajstić information content (AvgIpc) is 3.23. The van der Waals surface area contributed by atoms with Crippen molar-refractivity contribution in [1.82, 2.24) is 20.3 Å². The molecule has 0 aliphatic carbocycles. The van der Waals surface area contributed by atoms with Gasteiger partial charge in [0.05, 0.1) is 11.9 Å². The quantitative estimate of drug-likeness (QED) is 0.357. The summed E-state index contributed by atoms with van der Waals surface area (Å²) < 4.78 is 1.71. The molecule has 0 aliphatic rings. The number of aryl methyl sites for hydroxylation is 5. The third-order valence-corrected chi connectivity index (χ3v) is 6.81. The third-order valence-electron chi connectivity index (χ3n) is 6.81. The molecule has 7 nitrogen and oxygen atoms in total. The lowest BCUT2D eigenvalue weighted by molar-refractivity contribution is -0.137. The number of hydrogen-bond acceptors (Lipinski definition) is 4. The highest BCUT2D eigenvalue weighted by Gasteiger charge is 2.22. The molecule has 7 heteroatoms. The van der Waals surface area contributed by atoms with Crippen molar-refractivity contribution >= 4 is 22.9 Å². The number of aromatic nitrogens is 3. The number of fused-ring (bicyclic) bond motifs is 1. The van der Waals surface area contributed by atoms with E-state index in [1.807, 2.05) is 76.3 Å². The van der Waals surface area contributed by atoms with Gasteiger partial charge in [-0.05, 0) is 66.6 Å². The molecule has 4 rings (SSSR count). The molecular formula is C29H32N4O3. The van der Waals surface area contributed by atoms with Crippen molar-refractivity contribution in [3.05, 3.63) is 93.5 Å². The number of benzene rings is 3. The van der Waals surface area contributed by atoms with Crippen LogP contribution in [0.2, 0.25) is 0 Å². The van der Waals surface area contributed by atoms with Gasteiger partial charge in [-0.25, -0.2) is 4.68 Å². The molecular weight excluding hydrogens is 452 g/mol. The minimum absolute atomic E-state index is 0.00709. The fourth-order valence-electron chi connectivity index (χ4n) is 4.71. The molecule has 0 bridgehead atoms. The van der Waals surface area contributed by atoms with Crippen LogP contribution in [-0.2, 0) is 29.6 Å². The Bertz CT molecular complexity index is 1420. The van der Waals surface area contributed by atoms with Gasteiger partial charge in [0.1, 0.15) is 5.52 Å². The van der Waals surface area contributed by atoms with E-state index in [0.29, 0.717) is 19.4 Å². The molecule has 1 atom stereocenters. The van der Waals surface area contributed by atoms with Crippen LogP contribution in [0.25, 0.3) is 11.0 Å². The molecule has 2 N–H and O–H groups in total. The summed E-state index contributed by atoms with van der Waals surface area (Å²) in [7, 11) is 1.84. The Balaban J connectivity index is 1.54. The maximum atomic E-state index is 12.5. The number of nitrogens with zero attached hydrogens (tertiary/aromatic N) is 3. The fraction of sp³-hybridized carbons (Fsp3) is 0.310. The van der Waals surface area contributed by atoms with E-state index in [-0.39, 0.29) is 18.2 Å². The van der Waals surface area contributed by atoms with Crippen molar-refractivity contribution in [3.63, 3.8) is 0 Å². The van der Waals surface area contributed by atoms with E-state index in [4.69, 9.17) is 0 Å². The number of carboxylic acids is 1. The number of carbonyl (C=O) groups excluding carboxylic acids is 1. The molecule has 3 aromatic carbocycles. The second-order valence-electron chi connectivity index (χ2n) is 9.46. The summed E-state index contributed by atoms with van der Waals surface area (Å²) in [6.45, 7) is 6.41. The molecule has 1 amide bonds. The highest BCUT2D eigenvalue weighted by atomic mass is 16.4. The topological polar surface area (TPSA) is 97.1 Å². The van der Waals surface area contributed by atoms with E-state index in [1.54, 1.807) is 4.68 Å². The second kappa shape index (κ2) is 10.7. The lowest BCUT2D eigenvalue weighted by Crippen LogP contribution is -2.23. The number of carboxylic acid groups (broad SMARTS) is 1. The SMILES string of the molecule is Cc1cccc(CCC(=O)NCc2cc(C(CC(=O)O)c3ccc4c(nnn4C)c3C)ccc2C)c1. The van der Waals surface area contributed by atoms with Crippen LogP contribution >= 0.6 is 0 Å². The van der Waals surface area contributed by atoms with Crippen LogP contribution in [0.1, 0.15) is 57.7 Å². The van der Waals surface area contributed by atoms with Crippen LogP contribution in [0.4, 0.5) is 0 Å². The Labute approximate surface area is 211 Å². The number of nitrogens with one attached hydrogen (secondary N) is 1. The van der Waals surface area contributed by atoms with Gasteiger partial charge in [-0.3, -0.25) is 9.59 Å². The maximum absolute atomic E-state index is 12.5. The van der Waals surface area contributed by atoms with Gasteiger partial charge in [0, 0.05) is 25.9 Å². The summed E-state index contributed by atoms with van der Waals surface area (Å²) in [4.78, 5) is 24.4. The monoisotopic (exact) mass is 484 g/mol. The second-order valence-corrected chi connectivity index (χ2v) is 9.46. The van der Waals surface area contributed by atoms with Gasteiger partial charge in [0.2, 0.25) is 5.91 Å². The minimum atomic E-state index is -0.870. The van der Waals surface area contributed by atoms with Crippen LogP contribution in [0.5, 0.6) is 0 Å². The zero-order valence-electron chi connectivity index (χ0n) is 21.2. The molecule has 0 aliphatic heterocycles. The fourth-order valence-corrected chi connectivity index (χ4v) is 4.71. The Kier molecular flexibility index (Phi) is 7.48. The van der Waals surface area contributed by atoms with Crippen LogP contribution < -0.4 is 5.32 Å². The highest BCUT2D eigenvalue weighted by Crippen LogP contribution is 2.34. The first-order valence-corrected chi connectivity index (χ1v) is 12.1. The summed E-state index contributed by atoms with van der Waals surface area (Å²) in [6.07, 6.45) is 1.07. The summed E-state index contributed by atoms with van der Waals surface area (Å²) in [5.41, 5.74) is 8.79. The lowest BCUT2D eigenvalue weighted by Gasteiger charge is -2.20. The molecule has 0 saturated carbocycles. The van der Waals surface area contributed by atoms with E-state index < -0.39 is 5.97 Å². The van der Waals surface area contributed by atoms with Gasteiger partial charge in [0.15, 0.2) is 0 Å². The lowest BCUT2D eigenvalue weighted by atomic mass is 9.84. The van der Waals surface area contributed by atoms with E-state index in [1.165, 1.54) is 5.56 Å². The molecule has 1 aromatic heterocycles. The van der Waals surface area contributed by atoms with Crippen LogP contribution in [0.3, 0.4) is 0 Å². The van der Waals surface area contributed by atoms with E-state index in [9.17, 15) is 14.7 Å². The van der Waals surface area contributed by atoms with Crippen LogP contribution in [0, 0.1) is 20.8 Å². The summed E-state index contributed by atoms with van der Waals surface area (Å²) in [5.74, 6) is -1.22. The van der Waals surface area contributed by atoms with E-state index in [2.05, 4.69) is 21.7 Å². The molecule has 1 heterocycles. The van der Waals surface area contributed by atoms with Crippen molar-refractivity contribution in [3.8, 4) is 0 Å². The van der Waals surface area contributed by atoms with Crippen molar-refractivity contribution in [1.29, 1.82) is 0 Å². The summed E-state index contributed by atoms with van der Waals surface area (Å²) in [6, 6.07) is 18.1. The Morgan fingerprint density at radius 3 is 2.61 bits per heavy atom. The van der Waals surface area contributed by atoms with E-state index in [0.717, 1.165) is 44.4 Å². The molecule has 36 heavy (non-hydrogen) atoms.